The van der Waals surface area contributed by atoms with Crippen LogP contribution in [0.1, 0.15) is 22.8 Å². The summed E-state index contributed by atoms with van der Waals surface area (Å²) in [6.45, 7) is 3.75. The standard InChI is InChI=1S/C16H15ClO2/c1-11-3-9-15(10-4-11)19-12(2)16(18)13-5-7-14(17)8-6-13/h3-10,12H,1-2H3. The summed E-state index contributed by atoms with van der Waals surface area (Å²) >= 11 is 5.80. The molecule has 0 fully saturated rings. The lowest BCUT2D eigenvalue weighted by molar-refractivity contribution is 0.0818. The van der Waals surface area contributed by atoms with E-state index in [9.17, 15) is 4.79 Å². The molecule has 0 aliphatic rings. The number of aryl methyl sites for hydroxylation is 1. The Hall–Kier alpha value is -1.80. The summed E-state index contributed by atoms with van der Waals surface area (Å²) in [6, 6.07) is 14.5. The van der Waals surface area contributed by atoms with Crippen molar-refractivity contribution in [1.29, 1.82) is 0 Å². The molecule has 0 heterocycles. The SMILES string of the molecule is Cc1ccc(OC(C)C(=O)c2ccc(Cl)cc2)cc1. The third-order valence-electron chi connectivity index (χ3n) is 2.83. The molecule has 0 bridgehead atoms. The van der Waals surface area contributed by atoms with Crippen LogP contribution in [0.15, 0.2) is 48.5 Å². The minimum absolute atomic E-state index is 0.0581. The van der Waals surface area contributed by atoms with Gasteiger partial charge in [-0.1, -0.05) is 29.3 Å². The van der Waals surface area contributed by atoms with Gasteiger partial charge in [0.15, 0.2) is 6.10 Å². The van der Waals surface area contributed by atoms with Crippen molar-refractivity contribution in [2.45, 2.75) is 20.0 Å². The van der Waals surface area contributed by atoms with Gasteiger partial charge in [-0.05, 0) is 50.2 Å². The molecule has 0 N–H and O–H groups in total. The van der Waals surface area contributed by atoms with Gasteiger partial charge in [0, 0.05) is 10.6 Å². The van der Waals surface area contributed by atoms with Gasteiger partial charge in [-0.15, -0.1) is 0 Å². The van der Waals surface area contributed by atoms with E-state index >= 15 is 0 Å². The second kappa shape index (κ2) is 5.89. The fourth-order valence-corrected chi connectivity index (χ4v) is 1.85. The average molecular weight is 275 g/mol. The highest BCUT2D eigenvalue weighted by molar-refractivity contribution is 6.30. The second-order valence-electron chi connectivity index (χ2n) is 4.44. The zero-order valence-corrected chi connectivity index (χ0v) is 11.6. The van der Waals surface area contributed by atoms with Crippen LogP contribution in [0.3, 0.4) is 0 Å². The van der Waals surface area contributed by atoms with Gasteiger partial charge in [0.2, 0.25) is 5.78 Å². The summed E-state index contributed by atoms with van der Waals surface area (Å²) in [5.74, 6) is 0.637. The van der Waals surface area contributed by atoms with Gasteiger partial charge in [0.05, 0.1) is 0 Å². The van der Waals surface area contributed by atoms with Crippen LogP contribution in [0.2, 0.25) is 5.02 Å². The molecule has 0 aliphatic heterocycles. The molecule has 1 unspecified atom stereocenters. The third kappa shape index (κ3) is 3.58. The number of ketones is 1. The maximum atomic E-state index is 12.2. The Balaban J connectivity index is 2.07. The van der Waals surface area contributed by atoms with Crippen LogP contribution in [0.5, 0.6) is 5.75 Å². The van der Waals surface area contributed by atoms with Crippen LogP contribution in [-0.4, -0.2) is 11.9 Å². The number of hydrogen-bond acceptors (Lipinski definition) is 2. The lowest BCUT2D eigenvalue weighted by Gasteiger charge is -2.14. The van der Waals surface area contributed by atoms with Crippen LogP contribution in [0.4, 0.5) is 0 Å². The van der Waals surface area contributed by atoms with Crippen molar-refractivity contribution < 1.29 is 9.53 Å². The van der Waals surface area contributed by atoms with Gasteiger partial charge in [-0.25, -0.2) is 0 Å². The molecule has 2 aromatic rings. The molecular formula is C16H15ClO2. The molecule has 0 amide bonds. The molecule has 2 rings (SSSR count). The Bertz CT molecular complexity index is 558. The predicted octanol–water partition coefficient (Wildman–Crippen LogP) is 4.30. The summed E-state index contributed by atoms with van der Waals surface area (Å²) in [5.41, 5.74) is 1.76. The highest BCUT2D eigenvalue weighted by Crippen LogP contribution is 2.16. The fraction of sp³-hybridized carbons (Fsp3) is 0.188. The molecule has 19 heavy (non-hydrogen) atoms. The van der Waals surface area contributed by atoms with E-state index in [-0.39, 0.29) is 5.78 Å². The molecule has 0 aliphatic carbocycles. The van der Waals surface area contributed by atoms with E-state index in [4.69, 9.17) is 16.3 Å². The summed E-state index contributed by atoms with van der Waals surface area (Å²) in [5, 5.41) is 0.614. The molecule has 2 aromatic carbocycles. The number of hydrogen-bond donors (Lipinski definition) is 0. The first-order valence-corrected chi connectivity index (χ1v) is 6.47. The topological polar surface area (TPSA) is 26.3 Å². The number of Topliss-reactive ketones (excluding diaryl/α,β-unsaturated/α-hetero) is 1. The van der Waals surface area contributed by atoms with Crippen LogP contribution < -0.4 is 4.74 Å². The quantitative estimate of drug-likeness (QED) is 0.777. The summed E-state index contributed by atoms with van der Waals surface area (Å²) in [7, 11) is 0. The predicted molar refractivity (Wildman–Crippen MR) is 77.1 cm³/mol. The summed E-state index contributed by atoms with van der Waals surface area (Å²) < 4.78 is 5.63. The van der Waals surface area contributed by atoms with Crippen molar-refractivity contribution in [2.24, 2.45) is 0 Å². The molecule has 0 aromatic heterocycles. The molecule has 0 saturated carbocycles. The first kappa shape index (κ1) is 13.6. The monoisotopic (exact) mass is 274 g/mol. The largest absolute Gasteiger partial charge is 0.483 e. The lowest BCUT2D eigenvalue weighted by Crippen LogP contribution is -2.23. The Morgan fingerprint density at radius 2 is 1.63 bits per heavy atom. The Kier molecular flexibility index (Phi) is 4.23. The van der Waals surface area contributed by atoms with Gasteiger partial charge >= 0.3 is 0 Å². The van der Waals surface area contributed by atoms with Crippen LogP contribution in [0.25, 0.3) is 0 Å². The van der Waals surface area contributed by atoms with E-state index < -0.39 is 6.10 Å². The van der Waals surface area contributed by atoms with Gasteiger partial charge < -0.3 is 4.74 Å². The van der Waals surface area contributed by atoms with Crippen molar-refractivity contribution in [3.05, 3.63) is 64.7 Å². The minimum Gasteiger partial charge on any atom is -0.483 e. The lowest BCUT2D eigenvalue weighted by atomic mass is 10.1. The van der Waals surface area contributed by atoms with E-state index in [2.05, 4.69) is 0 Å². The van der Waals surface area contributed by atoms with Crippen molar-refractivity contribution in [1.82, 2.24) is 0 Å². The molecule has 0 radical (unpaired) electrons. The van der Waals surface area contributed by atoms with Crippen molar-refractivity contribution in [3.63, 3.8) is 0 Å². The number of ether oxygens (including phenoxy) is 1. The summed E-state index contributed by atoms with van der Waals surface area (Å²) in [4.78, 5) is 12.2. The van der Waals surface area contributed by atoms with Crippen molar-refractivity contribution in [2.75, 3.05) is 0 Å². The van der Waals surface area contributed by atoms with Crippen LogP contribution in [0, 0.1) is 6.92 Å². The van der Waals surface area contributed by atoms with Crippen LogP contribution in [-0.2, 0) is 0 Å². The molecule has 0 spiro atoms. The Morgan fingerprint density at radius 1 is 1.05 bits per heavy atom. The molecule has 1 atom stereocenters. The normalized spacial score (nSPS) is 11.9. The smallest absolute Gasteiger partial charge is 0.202 e. The first-order valence-electron chi connectivity index (χ1n) is 6.09. The van der Waals surface area contributed by atoms with Gasteiger partial charge in [0.1, 0.15) is 5.75 Å². The van der Waals surface area contributed by atoms with E-state index in [1.165, 1.54) is 0 Å². The molecular weight excluding hydrogens is 260 g/mol. The highest BCUT2D eigenvalue weighted by atomic mass is 35.5. The zero-order chi connectivity index (χ0) is 13.8. The first-order chi connectivity index (χ1) is 9.06. The van der Waals surface area contributed by atoms with E-state index in [1.807, 2.05) is 31.2 Å². The van der Waals surface area contributed by atoms with E-state index in [0.717, 1.165) is 5.56 Å². The zero-order valence-electron chi connectivity index (χ0n) is 10.9. The van der Waals surface area contributed by atoms with Crippen LogP contribution >= 0.6 is 11.6 Å². The number of carbonyl (C=O) groups is 1. The van der Waals surface area contributed by atoms with E-state index in [1.54, 1.807) is 31.2 Å². The number of rotatable bonds is 4. The number of halogens is 1. The van der Waals surface area contributed by atoms with Gasteiger partial charge in [-0.3, -0.25) is 4.79 Å². The molecule has 98 valence electrons. The minimum atomic E-state index is -0.524. The fourth-order valence-electron chi connectivity index (χ4n) is 1.72. The second-order valence-corrected chi connectivity index (χ2v) is 4.88. The van der Waals surface area contributed by atoms with E-state index in [0.29, 0.717) is 16.3 Å². The maximum absolute atomic E-state index is 12.2. The average Bonchev–Trinajstić information content (AvgIpc) is 2.41. The molecule has 2 nitrogen and oxygen atoms in total. The summed E-state index contributed by atoms with van der Waals surface area (Å²) in [6.07, 6.45) is -0.524. The van der Waals surface area contributed by atoms with Gasteiger partial charge in [-0.2, -0.15) is 0 Å². The Morgan fingerprint density at radius 3 is 2.21 bits per heavy atom. The number of carbonyl (C=O) groups excluding carboxylic acids is 1. The third-order valence-corrected chi connectivity index (χ3v) is 3.08. The molecule has 3 heteroatoms. The maximum Gasteiger partial charge on any atom is 0.202 e. The van der Waals surface area contributed by atoms with Crippen molar-refractivity contribution in [3.8, 4) is 5.75 Å². The molecule has 0 saturated heterocycles. The highest BCUT2D eigenvalue weighted by Gasteiger charge is 2.16. The van der Waals surface area contributed by atoms with Gasteiger partial charge in [0.25, 0.3) is 0 Å². The number of benzene rings is 2. The Labute approximate surface area is 118 Å². The van der Waals surface area contributed by atoms with Crippen molar-refractivity contribution >= 4 is 17.4 Å².